The number of halogens is 1. The maximum absolute atomic E-state index is 9.17. The average Bonchev–Trinajstić information content (AvgIpc) is 3.04. The predicted octanol–water partition coefficient (Wildman–Crippen LogP) is 2.99. The molecule has 0 radical (unpaired) electrons. The van der Waals surface area contributed by atoms with Crippen molar-refractivity contribution in [1.82, 2.24) is 19.9 Å². The van der Waals surface area contributed by atoms with Crippen LogP contribution in [0, 0.1) is 11.3 Å². The van der Waals surface area contributed by atoms with Gasteiger partial charge in [-0.2, -0.15) is 14.9 Å². The summed E-state index contributed by atoms with van der Waals surface area (Å²) in [5, 5.41) is 20.7. The van der Waals surface area contributed by atoms with Gasteiger partial charge in [-0.1, -0.05) is 41.9 Å². The molecule has 3 heterocycles. The molecule has 0 spiro atoms. The van der Waals surface area contributed by atoms with E-state index in [2.05, 4.69) is 45.0 Å². The largest absolute Gasteiger partial charge is 0.369 e. The fourth-order valence-electron chi connectivity index (χ4n) is 3.65. The highest BCUT2D eigenvalue weighted by Crippen LogP contribution is 2.34. The molecule has 0 unspecified atom stereocenters. The SMILES string of the molecule is N#Cc1nn2c(NCC3(c4ccccc4)CCNCC3)ccnc2c1Cl. The van der Waals surface area contributed by atoms with Crippen LogP contribution in [0.2, 0.25) is 5.02 Å². The first-order valence-corrected chi connectivity index (χ1v) is 9.05. The van der Waals surface area contributed by atoms with Gasteiger partial charge in [-0.25, -0.2) is 4.98 Å². The van der Waals surface area contributed by atoms with Gasteiger partial charge in [0.15, 0.2) is 11.3 Å². The molecule has 2 aromatic heterocycles. The second-order valence-corrected chi connectivity index (χ2v) is 6.97. The molecular formula is C19H19ClN6. The second-order valence-electron chi connectivity index (χ2n) is 6.59. The number of aromatic nitrogens is 3. The van der Waals surface area contributed by atoms with Crippen molar-refractivity contribution < 1.29 is 0 Å². The first kappa shape index (κ1) is 16.8. The van der Waals surface area contributed by atoms with Crippen LogP contribution in [0.1, 0.15) is 24.1 Å². The summed E-state index contributed by atoms with van der Waals surface area (Å²) in [7, 11) is 0. The van der Waals surface area contributed by atoms with Gasteiger partial charge in [0, 0.05) is 18.2 Å². The lowest BCUT2D eigenvalue weighted by atomic mass is 9.73. The van der Waals surface area contributed by atoms with E-state index in [4.69, 9.17) is 16.9 Å². The van der Waals surface area contributed by atoms with Crippen LogP contribution in [-0.4, -0.2) is 34.2 Å². The Morgan fingerprint density at radius 2 is 2.00 bits per heavy atom. The molecule has 7 heteroatoms. The van der Waals surface area contributed by atoms with Crippen molar-refractivity contribution in [3.63, 3.8) is 0 Å². The Morgan fingerprint density at radius 3 is 2.73 bits per heavy atom. The van der Waals surface area contributed by atoms with Crippen molar-refractivity contribution in [3.05, 3.63) is 58.9 Å². The zero-order chi connectivity index (χ0) is 18.0. The lowest BCUT2D eigenvalue weighted by Gasteiger charge is -2.38. The molecule has 3 aromatic rings. The van der Waals surface area contributed by atoms with Gasteiger partial charge >= 0.3 is 0 Å². The number of nitriles is 1. The third kappa shape index (κ3) is 2.90. The van der Waals surface area contributed by atoms with Gasteiger partial charge in [0.25, 0.3) is 0 Å². The quantitative estimate of drug-likeness (QED) is 0.742. The zero-order valence-electron chi connectivity index (χ0n) is 14.2. The van der Waals surface area contributed by atoms with E-state index in [1.807, 2.05) is 18.2 Å². The number of nitrogens with zero attached hydrogens (tertiary/aromatic N) is 4. The third-order valence-electron chi connectivity index (χ3n) is 5.12. The smallest absolute Gasteiger partial charge is 0.183 e. The van der Waals surface area contributed by atoms with Crippen molar-refractivity contribution in [2.45, 2.75) is 18.3 Å². The van der Waals surface area contributed by atoms with E-state index in [1.54, 1.807) is 10.7 Å². The van der Waals surface area contributed by atoms with E-state index in [9.17, 15) is 0 Å². The summed E-state index contributed by atoms with van der Waals surface area (Å²) < 4.78 is 1.61. The second kappa shape index (κ2) is 6.94. The number of rotatable bonds is 4. The summed E-state index contributed by atoms with van der Waals surface area (Å²) in [4.78, 5) is 4.25. The standard InChI is InChI=1S/C19H19ClN6/c20-17-15(12-21)25-26-16(6-9-23-18(17)26)24-13-19(7-10-22-11-8-19)14-4-2-1-3-5-14/h1-6,9,22,24H,7-8,10-11,13H2. The first-order chi connectivity index (χ1) is 12.7. The van der Waals surface area contributed by atoms with E-state index in [0.29, 0.717) is 5.65 Å². The van der Waals surface area contributed by atoms with Gasteiger partial charge in [0.2, 0.25) is 0 Å². The Balaban J connectivity index is 1.67. The zero-order valence-corrected chi connectivity index (χ0v) is 15.0. The van der Waals surface area contributed by atoms with E-state index in [-0.39, 0.29) is 16.1 Å². The van der Waals surface area contributed by atoms with Crippen LogP contribution in [0.5, 0.6) is 0 Å². The van der Waals surface area contributed by atoms with E-state index in [0.717, 1.165) is 38.3 Å². The van der Waals surface area contributed by atoms with Gasteiger partial charge in [-0.3, -0.25) is 0 Å². The normalized spacial score (nSPS) is 16.3. The van der Waals surface area contributed by atoms with Gasteiger partial charge in [-0.15, -0.1) is 0 Å². The fourth-order valence-corrected chi connectivity index (χ4v) is 3.86. The van der Waals surface area contributed by atoms with Gasteiger partial charge < -0.3 is 10.6 Å². The molecule has 6 nitrogen and oxygen atoms in total. The number of benzene rings is 1. The molecule has 0 aliphatic carbocycles. The van der Waals surface area contributed by atoms with Crippen LogP contribution < -0.4 is 10.6 Å². The van der Waals surface area contributed by atoms with Crippen molar-refractivity contribution >= 4 is 23.1 Å². The monoisotopic (exact) mass is 366 g/mol. The highest BCUT2D eigenvalue weighted by molar-refractivity contribution is 6.34. The van der Waals surface area contributed by atoms with Crippen LogP contribution in [0.15, 0.2) is 42.6 Å². The Hall–Kier alpha value is -2.62. The first-order valence-electron chi connectivity index (χ1n) is 8.67. The fraction of sp³-hybridized carbons (Fsp3) is 0.316. The summed E-state index contributed by atoms with van der Waals surface area (Å²) >= 11 is 6.20. The third-order valence-corrected chi connectivity index (χ3v) is 5.47. The van der Waals surface area contributed by atoms with E-state index < -0.39 is 0 Å². The van der Waals surface area contributed by atoms with Crippen molar-refractivity contribution in [1.29, 1.82) is 5.26 Å². The number of nitrogens with one attached hydrogen (secondary N) is 2. The molecule has 26 heavy (non-hydrogen) atoms. The van der Waals surface area contributed by atoms with E-state index in [1.165, 1.54) is 5.56 Å². The lowest BCUT2D eigenvalue weighted by molar-refractivity contribution is 0.322. The number of hydrogen-bond donors (Lipinski definition) is 2. The van der Waals surface area contributed by atoms with Gasteiger partial charge in [-0.05, 0) is 37.6 Å². The molecule has 0 bridgehead atoms. The minimum absolute atomic E-state index is 0.0527. The van der Waals surface area contributed by atoms with Crippen molar-refractivity contribution in [2.75, 3.05) is 25.0 Å². The maximum Gasteiger partial charge on any atom is 0.183 e. The molecule has 1 aliphatic rings. The molecule has 1 aromatic carbocycles. The number of piperidine rings is 1. The average molecular weight is 367 g/mol. The summed E-state index contributed by atoms with van der Waals surface area (Å²) in [5.74, 6) is 0.784. The molecule has 1 fully saturated rings. The molecule has 132 valence electrons. The van der Waals surface area contributed by atoms with Crippen LogP contribution in [0.4, 0.5) is 5.82 Å². The molecule has 1 aliphatic heterocycles. The lowest BCUT2D eigenvalue weighted by Crippen LogP contribution is -2.44. The maximum atomic E-state index is 9.17. The van der Waals surface area contributed by atoms with E-state index >= 15 is 0 Å². The molecule has 0 atom stereocenters. The number of fused-ring (bicyclic) bond motifs is 1. The highest BCUT2D eigenvalue weighted by Gasteiger charge is 2.33. The summed E-state index contributed by atoms with van der Waals surface area (Å²) in [6.07, 6.45) is 3.80. The molecule has 4 rings (SSSR count). The number of anilines is 1. The summed E-state index contributed by atoms with van der Waals surface area (Å²) in [5.41, 5.74) is 2.08. The highest BCUT2D eigenvalue weighted by atomic mass is 35.5. The Morgan fingerprint density at radius 1 is 1.23 bits per heavy atom. The van der Waals surface area contributed by atoms with Gasteiger partial charge in [0.05, 0.1) is 0 Å². The topological polar surface area (TPSA) is 78.0 Å². The minimum atomic E-state index is 0.0527. The Kier molecular flexibility index (Phi) is 4.49. The Bertz CT molecular complexity index is 953. The summed E-state index contributed by atoms with van der Waals surface area (Å²) in [6, 6.07) is 14.5. The summed E-state index contributed by atoms with van der Waals surface area (Å²) in [6.45, 7) is 2.76. The number of hydrogen-bond acceptors (Lipinski definition) is 5. The van der Waals surface area contributed by atoms with Gasteiger partial charge in [0.1, 0.15) is 16.9 Å². The predicted molar refractivity (Wildman–Crippen MR) is 101 cm³/mol. The molecule has 0 amide bonds. The Labute approximate surface area is 156 Å². The van der Waals surface area contributed by atoms with Crippen LogP contribution in [-0.2, 0) is 5.41 Å². The molecule has 2 N–H and O–H groups in total. The molecule has 1 saturated heterocycles. The molecule has 0 saturated carbocycles. The minimum Gasteiger partial charge on any atom is -0.369 e. The molecular weight excluding hydrogens is 348 g/mol. The van der Waals surface area contributed by atoms with Crippen molar-refractivity contribution in [3.8, 4) is 6.07 Å². The van der Waals surface area contributed by atoms with Crippen molar-refractivity contribution in [2.24, 2.45) is 0 Å². The van der Waals surface area contributed by atoms with Crippen LogP contribution in [0.3, 0.4) is 0 Å². The van der Waals surface area contributed by atoms with Crippen LogP contribution >= 0.6 is 11.6 Å². The van der Waals surface area contributed by atoms with Crippen LogP contribution in [0.25, 0.3) is 5.65 Å².